The summed E-state index contributed by atoms with van der Waals surface area (Å²) in [5.74, 6) is 3.40. The van der Waals surface area contributed by atoms with Gasteiger partial charge in [-0.2, -0.15) is 0 Å². The molecule has 1 aliphatic rings. The van der Waals surface area contributed by atoms with E-state index in [4.69, 9.17) is 12.2 Å². The van der Waals surface area contributed by atoms with Crippen LogP contribution in [0.5, 0.6) is 0 Å². The molecule has 0 spiro atoms. The van der Waals surface area contributed by atoms with Crippen LogP contribution in [-0.2, 0) is 0 Å². The van der Waals surface area contributed by atoms with E-state index in [0.717, 1.165) is 5.82 Å². The molecule has 2 N–H and O–H groups in total. The van der Waals surface area contributed by atoms with Crippen molar-refractivity contribution >= 4 is 0 Å². The number of terminal acetylenes is 1. The van der Waals surface area contributed by atoms with Crippen molar-refractivity contribution in [2.24, 2.45) is 5.73 Å². The van der Waals surface area contributed by atoms with Crippen LogP contribution in [0, 0.1) is 12.3 Å². The van der Waals surface area contributed by atoms with Crippen LogP contribution in [0.4, 0.5) is 0 Å². The number of nitrogens with zero attached hydrogens (tertiary/aromatic N) is 3. The quantitative estimate of drug-likeness (QED) is 0.757. The molecular formula is C11H16N4. The topological polar surface area (TPSA) is 56.7 Å². The summed E-state index contributed by atoms with van der Waals surface area (Å²) in [5, 5.41) is 8.01. The maximum Gasteiger partial charge on any atom is 0.151 e. The van der Waals surface area contributed by atoms with Crippen LogP contribution in [-0.4, -0.2) is 14.8 Å². The van der Waals surface area contributed by atoms with Crippen LogP contribution in [0.3, 0.4) is 0 Å². The van der Waals surface area contributed by atoms with Gasteiger partial charge >= 0.3 is 0 Å². The molecule has 1 aromatic heterocycles. The minimum atomic E-state index is -0.182. The summed E-state index contributed by atoms with van der Waals surface area (Å²) < 4.78 is 2.11. The van der Waals surface area contributed by atoms with Crippen LogP contribution in [0.2, 0.25) is 0 Å². The maximum atomic E-state index is 5.95. The molecule has 1 aromatic rings. The van der Waals surface area contributed by atoms with E-state index in [9.17, 15) is 0 Å². The fourth-order valence-corrected chi connectivity index (χ4v) is 2.20. The van der Waals surface area contributed by atoms with Crippen LogP contribution in [0.15, 0.2) is 6.33 Å². The average molecular weight is 204 g/mol. The summed E-state index contributed by atoms with van der Waals surface area (Å²) in [6, 6.07) is 0.344. The van der Waals surface area contributed by atoms with Gasteiger partial charge in [0, 0.05) is 12.5 Å². The lowest BCUT2D eigenvalue weighted by Gasteiger charge is -2.16. The Labute approximate surface area is 89.9 Å². The zero-order valence-corrected chi connectivity index (χ0v) is 8.76. The lowest BCUT2D eigenvalue weighted by Crippen LogP contribution is -2.18. The van der Waals surface area contributed by atoms with Crippen molar-refractivity contribution in [1.29, 1.82) is 0 Å². The molecule has 0 radical (unpaired) electrons. The summed E-state index contributed by atoms with van der Waals surface area (Å²) in [5.41, 5.74) is 5.95. The van der Waals surface area contributed by atoms with Gasteiger partial charge in [-0.3, -0.25) is 0 Å². The van der Waals surface area contributed by atoms with Crippen molar-refractivity contribution in [2.45, 2.75) is 44.2 Å². The summed E-state index contributed by atoms with van der Waals surface area (Å²) in [6.07, 6.45) is 12.5. The molecule has 0 aliphatic heterocycles. The van der Waals surface area contributed by atoms with Crippen molar-refractivity contribution in [3.05, 3.63) is 12.2 Å². The first-order valence-electron chi connectivity index (χ1n) is 5.41. The first-order valence-corrected chi connectivity index (χ1v) is 5.41. The Morgan fingerprint density at radius 3 is 3.00 bits per heavy atom. The first kappa shape index (κ1) is 10.2. The summed E-state index contributed by atoms with van der Waals surface area (Å²) >= 11 is 0. The molecule has 1 aliphatic carbocycles. The highest BCUT2D eigenvalue weighted by Gasteiger charge is 2.22. The average Bonchev–Trinajstić information content (AvgIpc) is 2.88. The molecule has 1 atom stereocenters. The minimum Gasteiger partial charge on any atom is -0.321 e. The molecule has 1 saturated carbocycles. The third-order valence-electron chi connectivity index (χ3n) is 2.99. The highest BCUT2D eigenvalue weighted by atomic mass is 15.3. The molecule has 0 amide bonds. The summed E-state index contributed by atoms with van der Waals surface area (Å²) in [7, 11) is 0. The zero-order valence-electron chi connectivity index (χ0n) is 8.76. The lowest BCUT2D eigenvalue weighted by molar-refractivity contribution is 0.477. The Morgan fingerprint density at radius 2 is 2.33 bits per heavy atom. The van der Waals surface area contributed by atoms with E-state index in [1.54, 1.807) is 6.33 Å². The van der Waals surface area contributed by atoms with Gasteiger partial charge in [-0.05, 0) is 12.8 Å². The Hall–Kier alpha value is -1.34. The zero-order chi connectivity index (χ0) is 10.7. The second-order valence-corrected chi connectivity index (χ2v) is 4.05. The van der Waals surface area contributed by atoms with E-state index in [1.807, 2.05) is 0 Å². The van der Waals surface area contributed by atoms with E-state index in [0.29, 0.717) is 12.5 Å². The van der Waals surface area contributed by atoms with Crippen molar-refractivity contribution in [3.63, 3.8) is 0 Å². The summed E-state index contributed by atoms with van der Waals surface area (Å²) in [6.45, 7) is 0. The maximum absolute atomic E-state index is 5.95. The number of nitrogens with two attached hydrogens (primary N) is 1. The molecule has 1 fully saturated rings. The highest BCUT2D eigenvalue weighted by molar-refractivity contribution is 5.02. The molecular weight excluding hydrogens is 188 g/mol. The molecule has 4 nitrogen and oxygen atoms in total. The highest BCUT2D eigenvalue weighted by Crippen LogP contribution is 2.31. The Kier molecular flexibility index (Phi) is 3.02. The lowest BCUT2D eigenvalue weighted by atomic mass is 10.2. The molecule has 1 unspecified atom stereocenters. The Balaban J connectivity index is 2.17. The third-order valence-corrected chi connectivity index (χ3v) is 2.99. The fourth-order valence-electron chi connectivity index (χ4n) is 2.20. The van der Waals surface area contributed by atoms with Gasteiger partial charge in [0.1, 0.15) is 6.33 Å². The van der Waals surface area contributed by atoms with Gasteiger partial charge in [-0.15, -0.1) is 22.5 Å². The number of hydrogen-bond donors (Lipinski definition) is 1. The minimum absolute atomic E-state index is 0.182. The van der Waals surface area contributed by atoms with Crippen LogP contribution < -0.4 is 5.73 Å². The van der Waals surface area contributed by atoms with Crippen molar-refractivity contribution in [1.82, 2.24) is 14.8 Å². The van der Waals surface area contributed by atoms with E-state index in [-0.39, 0.29) is 6.04 Å². The van der Waals surface area contributed by atoms with Gasteiger partial charge in [0.15, 0.2) is 5.82 Å². The van der Waals surface area contributed by atoms with Crippen LogP contribution in [0.1, 0.15) is 50.0 Å². The fraction of sp³-hybridized carbons (Fsp3) is 0.636. The monoisotopic (exact) mass is 204 g/mol. The number of hydrogen-bond acceptors (Lipinski definition) is 3. The van der Waals surface area contributed by atoms with E-state index < -0.39 is 0 Å². The van der Waals surface area contributed by atoms with Gasteiger partial charge in [0.25, 0.3) is 0 Å². The SMILES string of the molecule is C#CCC(N)c1nncn1C1CCCC1. The van der Waals surface area contributed by atoms with Gasteiger partial charge in [0.05, 0.1) is 6.04 Å². The van der Waals surface area contributed by atoms with E-state index in [1.165, 1.54) is 25.7 Å². The van der Waals surface area contributed by atoms with Crippen LogP contribution >= 0.6 is 0 Å². The predicted octanol–water partition coefficient (Wildman–Crippen LogP) is 1.42. The second kappa shape index (κ2) is 4.45. The van der Waals surface area contributed by atoms with Crippen molar-refractivity contribution in [3.8, 4) is 12.3 Å². The standard InChI is InChI=1S/C11H16N4/c1-2-5-10(12)11-14-13-8-15(11)9-6-3-4-7-9/h1,8-10H,3-7,12H2. The van der Waals surface area contributed by atoms with Crippen molar-refractivity contribution in [2.75, 3.05) is 0 Å². The van der Waals surface area contributed by atoms with Crippen LogP contribution in [0.25, 0.3) is 0 Å². The molecule has 0 bridgehead atoms. The molecule has 1 heterocycles. The van der Waals surface area contributed by atoms with Gasteiger partial charge in [-0.1, -0.05) is 12.8 Å². The van der Waals surface area contributed by atoms with Gasteiger partial charge in [-0.25, -0.2) is 0 Å². The normalized spacial score (nSPS) is 18.9. The van der Waals surface area contributed by atoms with E-state index in [2.05, 4.69) is 20.7 Å². The molecule has 2 rings (SSSR count). The van der Waals surface area contributed by atoms with E-state index >= 15 is 0 Å². The molecule has 80 valence electrons. The Bertz CT molecular complexity index is 357. The smallest absolute Gasteiger partial charge is 0.151 e. The Morgan fingerprint density at radius 1 is 1.60 bits per heavy atom. The molecule has 4 heteroatoms. The largest absolute Gasteiger partial charge is 0.321 e. The first-order chi connectivity index (χ1) is 7.33. The van der Waals surface area contributed by atoms with Crippen molar-refractivity contribution < 1.29 is 0 Å². The second-order valence-electron chi connectivity index (χ2n) is 4.05. The predicted molar refractivity (Wildman–Crippen MR) is 57.9 cm³/mol. The van der Waals surface area contributed by atoms with Gasteiger partial charge in [0.2, 0.25) is 0 Å². The third kappa shape index (κ3) is 2.02. The number of aromatic nitrogens is 3. The van der Waals surface area contributed by atoms with Gasteiger partial charge < -0.3 is 10.3 Å². The molecule has 15 heavy (non-hydrogen) atoms. The number of rotatable bonds is 3. The molecule has 0 aromatic carbocycles. The molecule has 0 saturated heterocycles. The summed E-state index contributed by atoms with van der Waals surface area (Å²) in [4.78, 5) is 0.